The van der Waals surface area contributed by atoms with E-state index < -0.39 is 7.82 Å². The van der Waals surface area contributed by atoms with Crippen molar-refractivity contribution >= 4 is 25.2 Å². The zero-order valence-corrected chi connectivity index (χ0v) is 5.55. The predicted octanol–water partition coefficient (Wildman–Crippen LogP) is -4.36. The Morgan fingerprint density at radius 1 is 1.22 bits per heavy atom. The Balaban J connectivity index is -0.00000000800. The topological polar surface area (TPSA) is 77.8 Å². The van der Waals surface area contributed by atoms with E-state index in [0.29, 0.717) is 0 Å². The van der Waals surface area contributed by atoms with Gasteiger partial charge in [-0.15, -0.1) is 0 Å². The summed E-state index contributed by atoms with van der Waals surface area (Å²) in [5.74, 6) is 0. The van der Waals surface area contributed by atoms with Gasteiger partial charge in [0.15, 0.2) is 17.4 Å². The van der Waals surface area contributed by atoms with Gasteiger partial charge in [-0.1, -0.05) is 7.43 Å². The molecular weight excluding hydrogens is 197 g/mol. The van der Waals surface area contributed by atoms with E-state index in [4.69, 9.17) is 19.2 Å². The fourth-order valence-corrected chi connectivity index (χ4v) is 0. The van der Waals surface area contributed by atoms with E-state index >= 15 is 0 Å². The molecule has 0 bridgehead atoms. The summed E-state index contributed by atoms with van der Waals surface area (Å²) in [7, 11) is -4.64. The Morgan fingerprint density at radius 2 is 1.22 bits per heavy atom. The molecule has 9 heavy (non-hydrogen) atoms. The number of hydrogen-bond acceptors (Lipinski definition) is 1. The van der Waals surface area contributed by atoms with E-state index in [0.717, 1.165) is 0 Å². The monoisotopic (exact) mass is 208 g/mol. The molecule has 0 fully saturated rings. The van der Waals surface area contributed by atoms with Crippen LogP contribution >= 0.6 is 7.82 Å². The van der Waals surface area contributed by atoms with Crippen molar-refractivity contribution in [1.82, 2.24) is 0 Å². The molecule has 0 radical (unpaired) electrons. The molecule has 0 aliphatic heterocycles. The van der Waals surface area contributed by atoms with E-state index in [9.17, 15) is 0 Å². The Labute approximate surface area is 88.9 Å². The van der Waals surface area contributed by atoms with Crippen molar-refractivity contribution in [2.24, 2.45) is 0 Å². The Bertz CT molecular complexity index is 71.4. The van der Waals surface area contributed by atoms with Crippen molar-refractivity contribution in [3.63, 3.8) is 0 Å². The maximum absolute atomic E-state index is 8.88. The van der Waals surface area contributed by atoms with Gasteiger partial charge in [0, 0.05) is 17.1 Å². The first-order valence-electron chi connectivity index (χ1n) is 0.783. The van der Waals surface area contributed by atoms with Gasteiger partial charge in [-0.25, -0.2) is 4.57 Å². The van der Waals surface area contributed by atoms with Crippen LogP contribution in [0.15, 0.2) is 0 Å². The van der Waals surface area contributed by atoms with Gasteiger partial charge in [-0.05, 0) is 0 Å². The van der Waals surface area contributed by atoms with E-state index in [1.807, 2.05) is 0 Å². The van der Waals surface area contributed by atoms with E-state index in [1.165, 1.54) is 0 Å². The van der Waals surface area contributed by atoms with Gasteiger partial charge in [0.25, 0.3) is 0 Å². The average Bonchev–Trinajstić information content (AvgIpc) is 0.722. The molecule has 0 unspecified atom stereocenters. The van der Waals surface area contributed by atoms with Gasteiger partial charge in [-0.2, -0.15) is 0 Å². The van der Waals surface area contributed by atoms with Crippen LogP contribution in [0.1, 0.15) is 8.85 Å². The molecule has 0 heterocycles. The zero-order valence-electron chi connectivity index (χ0n) is 4.55. The van der Waals surface area contributed by atoms with Crippen LogP contribution in [-0.2, 0) is 21.6 Å². The van der Waals surface area contributed by atoms with Crippen molar-refractivity contribution in [1.29, 1.82) is 0 Å². The minimum absolute atomic E-state index is 0. The van der Waals surface area contributed by atoms with Crippen LogP contribution in [0.4, 0.5) is 0 Å². The summed E-state index contributed by atoms with van der Waals surface area (Å²) in [5, 5.41) is 0. The Hall–Kier alpha value is 1.76. The molecule has 8 heteroatoms. The fraction of sp³-hybridized carbons (Fsp3) is 1.00. The van der Waals surface area contributed by atoms with E-state index in [-0.39, 0.29) is 62.1 Å². The predicted molar refractivity (Wildman–Crippen MR) is 32.0 cm³/mol. The third-order valence-electron chi connectivity index (χ3n) is 0. The molecule has 0 aromatic carbocycles. The Morgan fingerprint density at radius 3 is 1.22 bits per heavy atom. The van der Waals surface area contributed by atoms with E-state index in [2.05, 4.69) is 0 Å². The van der Waals surface area contributed by atoms with Crippen LogP contribution in [0.2, 0.25) is 0 Å². The maximum Gasteiger partial charge on any atom is 1.00 e. The SMILES string of the molecule is C.O=P(O)(O)O.[AlH3].[Fe].[H-].[Li+]. The molecule has 0 amide bonds. The third kappa shape index (κ3) is 190. The molecular formula is CH11AlFeLiO4P. The largest absolute Gasteiger partial charge is 1.00 e. The molecule has 4 nitrogen and oxygen atoms in total. The van der Waals surface area contributed by atoms with Gasteiger partial charge in [0.2, 0.25) is 0 Å². The van der Waals surface area contributed by atoms with Gasteiger partial charge in [0.05, 0.1) is 0 Å². The summed E-state index contributed by atoms with van der Waals surface area (Å²) < 4.78 is 8.88. The van der Waals surface area contributed by atoms with Crippen molar-refractivity contribution < 1.29 is 56.6 Å². The summed E-state index contributed by atoms with van der Waals surface area (Å²) >= 11 is 0. The Kier molecular flexibility index (Phi) is 42.7. The smallest absolute Gasteiger partial charge is 1.00 e. The van der Waals surface area contributed by atoms with Crippen molar-refractivity contribution in [2.45, 2.75) is 7.43 Å². The first-order valence-corrected chi connectivity index (χ1v) is 2.35. The van der Waals surface area contributed by atoms with Crippen molar-refractivity contribution in [3.8, 4) is 0 Å². The standard InChI is InChI=1S/CH4.Al.Fe.Li.H3O4P.4H/c;;;;1-5(2,3)4;;;;/h1H4;;;;(H3,1,2,3,4);;;;/q;;;+1;;;;;-1. The summed E-state index contributed by atoms with van der Waals surface area (Å²) in [6.45, 7) is 0. The number of hydrogen-bond donors (Lipinski definition) is 3. The average molecular weight is 208 g/mol. The summed E-state index contributed by atoms with van der Waals surface area (Å²) in [4.78, 5) is 21.6. The number of phosphoric acid groups is 1. The zero-order chi connectivity index (χ0) is 4.50. The molecule has 0 rings (SSSR count). The van der Waals surface area contributed by atoms with Gasteiger partial charge in [0.1, 0.15) is 0 Å². The molecule has 0 saturated carbocycles. The summed E-state index contributed by atoms with van der Waals surface area (Å²) in [6.07, 6.45) is 0. The molecule has 3 N–H and O–H groups in total. The summed E-state index contributed by atoms with van der Waals surface area (Å²) in [6, 6.07) is 0. The second-order valence-electron chi connectivity index (χ2n) is 0.513. The normalized spacial score (nSPS) is 6.56. The quantitative estimate of drug-likeness (QED) is 0.277. The fourth-order valence-electron chi connectivity index (χ4n) is 0. The van der Waals surface area contributed by atoms with Gasteiger partial charge < -0.3 is 16.1 Å². The first kappa shape index (κ1) is 30.9. The van der Waals surface area contributed by atoms with Crippen LogP contribution in [0.3, 0.4) is 0 Å². The van der Waals surface area contributed by atoms with Crippen LogP contribution in [-0.4, -0.2) is 32.0 Å². The van der Waals surface area contributed by atoms with Crippen LogP contribution in [0.5, 0.6) is 0 Å². The molecule has 0 aliphatic carbocycles. The summed E-state index contributed by atoms with van der Waals surface area (Å²) in [5.41, 5.74) is 0. The van der Waals surface area contributed by atoms with E-state index in [1.54, 1.807) is 0 Å². The molecule has 0 spiro atoms. The molecule has 0 saturated heterocycles. The van der Waals surface area contributed by atoms with Crippen LogP contribution < -0.4 is 18.9 Å². The minimum atomic E-state index is -4.64. The van der Waals surface area contributed by atoms with Crippen molar-refractivity contribution in [3.05, 3.63) is 0 Å². The second kappa shape index (κ2) is 12.4. The van der Waals surface area contributed by atoms with Crippen molar-refractivity contribution in [2.75, 3.05) is 0 Å². The molecule has 0 atom stereocenters. The van der Waals surface area contributed by atoms with Crippen LogP contribution in [0.25, 0.3) is 0 Å². The second-order valence-corrected chi connectivity index (χ2v) is 1.54. The first-order chi connectivity index (χ1) is 2.00. The van der Waals surface area contributed by atoms with Gasteiger partial charge >= 0.3 is 26.7 Å². The molecule has 0 aliphatic rings. The van der Waals surface area contributed by atoms with Gasteiger partial charge in [-0.3, -0.25) is 0 Å². The molecule has 0 aromatic rings. The molecule has 0 aromatic heterocycles. The molecule has 56 valence electrons. The minimum Gasteiger partial charge on any atom is -1.00 e. The number of rotatable bonds is 0. The van der Waals surface area contributed by atoms with Crippen LogP contribution in [0, 0.1) is 0 Å². The third-order valence-corrected chi connectivity index (χ3v) is 0. The maximum atomic E-state index is 8.88.